The van der Waals surface area contributed by atoms with Gasteiger partial charge in [0.15, 0.2) is 0 Å². The maximum atomic E-state index is 5.22. The SMILES string of the molecule is Cn1c(-c2[c-]c([Si](c3[c-]c(C4c5cc6c(cc5C(C)(C)c5cccnc54)sc4ccccc46)ccc3)(c3ccccc3)c3ccccc3)ccc2)nc2ccccc21.[Pd+2]. The van der Waals surface area contributed by atoms with Crippen molar-refractivity contribution >= 4 is 71.4 Å². The number of hydrogen-bond donors (Lipinski definition) is 0. The van der Waals surface area contributed by atoms with E-state index in [0.29, 0.717) is 0 Å². The number of para-hydroxylation sites is 2. The number of thiophene rings is 1. The van der Waals surface area contributed by atoms with Crippen molar-refractivity contribution in [1.82, 2.24) is 14.5 Å². The van der Waals surface area contributed by atoms with Crippen molar-refractivity contribution < 1.29 is 20.4 Å². The van der Waals surface area contributed by atoms with Crippen molar-refractivity contribution in [3.05, 3.63) is 216 Å². The van der Waals surface area contributed by atoms with E-state index in [-0.39, 0.29) is 31.8 Å². The van der Waals surface area contributed by atoms with Gasteiger partial charge in [-0.05, 0) is 63.5 Å². The van der Waals surface area contributed by atoms with Crippen molar-refractivity contribution in [2.45, 2.75) is 25.2 Å². The van der Waals surface area contributed by atoms with Gasteiger partial charge >= 0.3 is 20.4 Å². The van der Waals surface area contributed by atoms with Crippen LogP contribution in [0.2, 0.25) is 0 Å². The van der Waals surface area contributed by atoms with Crippen LogP contribution in [0.4, 0.5) is 0 Å². The van der Waals surface area contributed by atoms with E-state index in [4.69, 9.17) is 9.97 Å². The largest absolute Gasteiger partial charge is 2.00 e. The van der Waals surface area contributed by atoms with Crippen LogP contribution in [0.1, 0.15) is 47.7 Å². The summed E-state index contributed by atoms with van der Waals surface area (Å²) in [5.74, 6) is 0.803. The monoisotopic (exact) mass is 883 g/mol. The minimum Gasteiger partial charge on any atom is -0.367 e. The quantitative estimate of drug-likeness (QED) is 0.0947. The molecule has 0 saturated carbocycles. The Bertz CT molecular complexity index is 3150. The van der Waals surface area contributed by atoms with Gasteiger partial charge in [-0.25, -0.2) is 0 Å². The molecule has 3 aromatic heterocycles. The summed E-state index contributed by atoms with van der Waals surface area (Å²) in [6.07, 6.45) is 1.96. The number of aryl methyl sites for hydroxylation is 1. The Labute approximate surface area is 363 Å². The smallest absolute Gasteiger partial charge is 0.367 e. The second-order valence-corrected chi connectivity index (χ2v) is 20.8. The Kier molecular flexibility index (Phi) is 9.23. The van der Waals surface area contributed by atoms with Crippen LogP contribution in [0.15, 0.2) is 176 Å². The molecule has 0 spiro atoms. The maximum Gasteiger partial charge on any atom is 2.00 e. The van der Waals surface area contributed by atoms with E-state index in [2.05, 4.69) is 207 Å². The van der Waals surface area contributed by atoms with E-state index in [9.17, 15) is 0 Å². The summed E-state index contributed by atoms with van der Waals surface area (Å²) >= 11 is 1.89. The van der Waals surface area contributed by atoms with Gasteiger partial charge in [0, 0.05) is 44.7 Å². The second kappa shape index (κ2) is 14.5. The third kappa shape index (κ3) is 5.77. The normalized spacial score (nSPS) is 14.5. The topological polar surface area (TPSA) is 30.7 Å². The number of pyridine rings is 1. The molecule has 6 heteroatoms. The van der Waals surface area contributed by atoms with E-state index in [0.717, 1.165) is 38.9 Å². The third-order valence-electron chi connectivity index (χ3n) is 12.5. The van der Waals surface area contributed by atoms with Gasteiger partial charge in [0.2, 0.25) is 0 Å². The minimum absolute atomic E-state index is 0. The Balaban J connectivity index is 0.00000420. The van der Waals surface area contributed by atoms with Crippen LogP contribution in [0, 0.1) is 12.1 Å². The molecule has 1 atom stereocenters. The molecular formula is C53H39N3PdSSi. The predicted octanol–water partition coefficient (Wildman–Crippen LogP) is 9.80. The van der Waals surface area contributed by atoms with E-state index in [1.54, 1.807) is 0 Å². The maximum absolute atomic E-state index is 5.22. The average Bonchev–Trinajstić information content (AvgIpc) is 3.81. The molecule has 1 aliphatic carbocycles. The molecule has 1 aliphatic rings. The van der Waals surface area contributed by atoms with E-state index in [1.165, 1.54) is 52.4 Å². The number of rotatable bonds is 6. The second-order valence-electron chi connectivity index (χ2n) is 16.0. The molecule has 286 valence electrons. The third-order valence-corrected chi connectivity index (χ3v) is 18.2. The molecule has 11 rings (SSSR count). The first-order valence-corrected chi connectivity index (χ1v) is 22.7. The fraction of sp³-hybridized carbons (Fsp3) is 0.0943. The molecule has 7 aromatic carbocycles. The van der Waals surface area contributed by atoms with Crippen molar-refractivity contribution in [2.24, 2.45) is 7.05 Å². The van der Waals surface area contributed by atoms with Gasteiger partial charge in [0.25, 0.3) is 0 Å². The molecule has 3 heterocycles. The van der Waals surface area contributed by atoms with E-state index < -0.39 is 8.07 Å². The molecule has 10 aromatic rings. The summed E-state index contributed by atoms with van der Waals surface area (Å²) in [4.78, 5) is 10.3. The van der Waals surface area contributed by atoms with Gasteiger partial charge in [0.05, 0.1) is 22.6 Å². The van der Waals surface area contributed by atoms with Crippen LogP contribution in [0.3, 0.4) is 0 Å². The molecule has 0 radical (unpaired) electrons. The zero-order valence-corrected chi connectivity index (χ0v) is 36.3. The Hall–Kier alpha value is -5.74. The zero-order chi connectivity index (χ0) is 39.0. The van der Waals surface area contributed by atoms with Gasteiger partial charge in [-0.2, -0.15) is 29.5 Å². The first kappa shape index (κ1) is 37.5. The number of fused-ring (bicyclic) bond motifs is 6. The zero-order valence-electron chi connectivity index (χ0n) is 32.9. The predicted molar refractivity (Wildman–Crippen MR) is 244 cm³/mol. The molecule has 1 unspecified atom stereocenters. The van der Waals surface area contributed by atoms with Crippen molar-refractivity contribution in [1.29, 1.82) is 0 Å². The summed E-state index contributed by atoms with van der Waals surface area (Å²) in [5.41, 5.74) is 9.00. The molecule has 59 heavy (non-hydrogen) atoms. The van der Waals surface area contributed by atoms with Crippen LogP contribution in [-0.4, -0.2) is 22.6 Å². The number of hydrogen-bond acceptors (Lipinski definition) is 3. The van der Waals surface area contributed by atoms with E-state index >= 15 is 0 Å². The van der Waals surface area contributed by atoms with Crippen LogP contribution < -0.4 is 20.7 Å². The summed E-state index contributed by atoms with van der Waals surface area (Å²) in [6.45, 7) is 4.72. The van der Waals surface area contributed by atoms with Crippen LogP contribution in [0.25, 0.3) is 42.6 Å². The summed E-state index contributed by atoms with van der Waals surface area (Å²) < 4.78 is 4.83. The molecule has 0 saturated heterocycles. The Morgan fingerprint density at radius 3 is 2.07 bits per heavy atom. The minimum atomic E-state index is -3.06. The Morgan fingerprint density at radius 1 is 0.627 bits per heavy atom. The van der Waals surface area contributed by atoms with Gasteiger partial charge < -0.3 is 4.57 Å². The number of benzene rings is 7. The van der Waals surface area contributed by atoms with Crippen molar-refractivity contribution in [3.8, 4) is 11.4 Å². The fourth-order valence-corrected chi connectivity index (χ4v) is 15.5. The number of imidazole rings is 1. The van der Waals surface area contributed by atoms with E-state index in [1.807, 2.05) is 17.5 Å². The van der Waals surface area contributed by atoms with Crippen LogP contribution in [0.5, 0.6) is 0 Å². The fourth-order valence-electron chi connectivity index (χ4n) is 9.74. The van der Waals surface area contributed by atoms with Crippen molar-refractivity contribution in [2.75, 3.05) is 0 Å². The molecular weight excluding hydrogens is 845 g/mol. The summed E-state index contributed by atoms with van der Waals surface area (Å²) in [7, 11) is -0.963. The number of aromatic nitrogens is 3. The Morgan fingerprint density at radius 2 is 1.31 bits per heavy atom. The summed E-state index contributed by atoms with van der Waals surface area (Å²) in [5, 5.41) is 7.53. The standard InChI is InChI=1S/C53H39N3SSi.Pd/c1-53(2)44-26-16-30-54-51(44)50(43-33-42-41-25-10-13-29-48(41)57-49(42)34-45(43)53)35-17-14-23-39(31-35)58(37-19-6-4-7-20-37,38-21-8-5-9-22-38)40-24-15-18-36(32-40)52-55-46-27-11-12-28-47(46)56(52)3;/h4-30,33-34,50H,1-3H3;/q-2;+2. The van der Waals surface area contributed by atoms with Crippen molar-refractivity contribution in [3.63, 3.8) is 0 Å². The molecule has 0 aliphatic heterocycles. The van der Waals surface area contributed by atoms with Gasteiger partial charge in [-0.15, -0.1) is 51.9 Å². The molecule has 3 nitrogen and oxygen atoms in total. The average molecular weight is 884 g/mol. The van der Waals surface area contributed by atoms with Crippen LogP contribution in [-0.2, 0) is 32.9 Å². The molecule has 0 fully saturated rings. The molecule has 0 bridgehead atoms. The van der Waals surface area contributed by atoms with Gasteiger partial charge in [-0.1, -0.05) is 111 Å². The van der Waals surface area contributed by atoms with Crippen LogP contribution >= 0.6 is 11.3 Å². The first-order valence-electron chi connectivity index (χ1n) is 19.9. The summed E-state index contributed by atoms with van der Waals surface area (Å²) in [6, 6.07) is 70.3. The number of nitrogens with zero attached hydrogens (tertiary/aromatic N) is 3. The first-order chi connectivity index (χ1) is 28.4. The van der Waals surface area contributed by atoms with Gasteiger partial charge in [-0.3, -0.25) is 9.97 Å². The van der Waals surface area contributed by atoms with Gasteiger partial charge in [0.1, 0.15) is 8.07 Å². The molecule has 0 N–H and O–H groups in total. The molecule has 0 amide bonds.